The molecule has 0 aromatic heterocycles. The summed E-state index contributed by atoms with van der Waals surface area (Å²) in [5.74, 6) is 0. The first-order chi connectivity index (χ1) is 11.0. The van der Waals surface area contributed by atoms with Gasteiger partial charge in [0.15, 0.2) is 5.11 Å². The Kier molecular flexibility index (Phi) is 6.56. The molecule has 1 aliphatic rings. The molecular formula is C16H23N3O2S2. The second-order valence-electron chi connectivity index (χ2n) is 5.38. The van der Waals surface area contributed by atoms with Gasteiger partial charge in [0.2, 0.25) is 10.0 Å². The average Bonchev–Trinajstić information content (AvgIpc) is 2.59. The molecule has 1 heterocycles. The highest BCUT2D eigenvalue weighted by atomic mass is 32.2. The molecule has 126 valence electrons. The number of rotatable bonds is 5. The van der Waals surface area contributed by atoms with Crippen LogP contribution in [0.15, 0.2) is 35.7 Å². The number of hydrogen-bond donors (Lipinski definition) is 1. The van der Waals surface area contributed by atoms with Crippen molar-refractivity contribution in [3.63, 3.8) is 0 Å². The minimum atomic E-state index is -3.39. The molecule has 1 aliphatic heterocycles. The van der Waals surface area contributed by atoms with E-state index < -0.39 is 10.0 Å². The van der Waals surface area contributed by atoms with Gasteiger partial charge in [0.25, 0.3) is 0 Å². The zero-order valence-corrected chi connectivity index (χ0v) is 14.9. The van der Waals surface area contributed by atoms with Crippen LogP contribution in [0.1, 0.15) is 18.9 Å². The summed E-state index contributed by atoms with van der Waals surface area (Å²) in [7, 11) is -3.39. The molecule has 0 radical (unpaired) electrons. The highest BCUT2D eigenvalue weighted by Gasteiger charge is 2.25. The first kappa shape index (κ1) is 17.9. The fraction of sp³-hybridized carbons (Fsp3) is 0.438. The van der Waals surface area contributed by atoms with Crippen molar-refractivity contribution in [2.24, 2.45) is 0 Å². The normalized spacial score (nSPS) is 16.7. The van der Waals surface area contributed by atoms with E-state index in [2.05, 4.69) is 12.2 Å². The lowest BCUT2D eigenvalue weighted by atomic mass is 10.2. The van der Waals surface area contributed by atoms with Gasteiger partial charge in [-0.1, -0.05) is 37.3 Å². The molecule has 1 fully saturated rings. The highest BCUT2D eigenvalue weighted by molar-refractivity contribution is 7.92. The Morgan fingerprint density at radius 2 is 1.87 bits per heavy atom. The Bertz CT molecular complexity index is 637. The summed E-state index contributed by atoms with van der Waals surface area (Å²) in [5, 5.41) is 5.17. The van der Waals surface area contributed by atoms with Crippen molar-refractivity contribution in [2.75, 3.05) is 32.7 Å². The molecule has 7 heteroatoms. The molecule has 23 heavy (non-hydrogen) atoms. The maximum absolute atomic E-state index is 12.4. The monoisotopic (exact) mass is 353 g/mol. The Balaban J connectivity index is 1.91. The van der Waals surface area contributed by atoms with Crippen molar-refractivity contribution in [3.05, 3.63) is 41.3 Å². The number of nitrogens with one attached hydrogen (secondary N) is 1. The van der Waals surface area contributed by atoms with E-state index in [1.54, 1.807) is 6.08 Å². The van der Waals surface area contributed by atoms with Gasteiger partial charge in [-0.05, 0) is 30.3 Å². The van der Waals surface area contributed by atoms with Crippen LogP contribution in [-0.2, 0) is 10.0 Å². The van der Waals surface area contributed by atoms with E-state index in [-0.39, 0.29) is 0 Å². The van der Waals surface area contributed by atoms with Crippen molar-refractivity contribution in [2.45, 2.75) is 13.3 Å². The van der Waals surface area contributed by atoms with E-state index in [1.165, 1.54) is 9.71 Å². The molecule has 5 nitrogen and oxygen atoms in total. The quantitative estimate of drug-likeness (QED) is 0.820. The van der Waals surface area contributed by atoms with Gasteiger partial charge < -0.3 is 10.2 Å². The van der Waals surface area contributed by atoms with Gasteiger partial charge in [-0.25, -0.2) is 8.42 Å². The summed E-state index contributed by atoms with van der Waals surface area (Å²) >= 11 is 5.32. The second-order valence-corrected chi connectivity index (χ2v) is 7.58. The zero-order valence-electron chi connectivity index (χ0n) is 13.3. The van der Waals surface area contributed by atoms with Gasteiger partial charge in [-0.3, -0.25) is 0 Å². The largest absolute Gasteiger partial charge is 0.363 e. The van der Waals surface area contributed by atoms with Crippen molar-refractivity contribution < 1.29 is 8.42 Å². The molecule has 1 N–H and O–H groups in total. The molecule has 1 saturated heterocycles. The minimum Gasteiger partial charge on any atom is -0.363 e. The third kappa shape index (κ3) is 5.30. The molecule has 0 unspecified atom stereocenters. The molecule has 0 atom stereocenters. The van der Waals surface area contributed by atoms with E-state index in [1.807, 2.05) is 35.2 Å². The van der Waals surface area contributed by atoms with Crippen molar-refractivity contribution in [1.82, 2.24) is 14.5 Å². The number of thiocarbonyl (C=S) groups is 1. The molecule has 0 amide bonds. The van der Waals surface area contributed by atoms with E-state index >= 15 is 0 Å². The van der Waals surface area contributed by atoms with Gasteiger partial charge in [0.05, 0.1) is 0 Å². The molecule has 0 saturated carbocycles. The van der Waals surface area contributed by atoms with Gasteiger partial charge in [0, 0.05) is 38.1 Å². The van der Waals surface area contributed by atoms with Crippen molar-refractivity contribution in [3.8, 4) is 0 Å². The SMILES string of the molecule is CCCNC(=S)N1CCN(S(=O)(=O)/C=C/c2ccccc2)CC1. The molecule has 1 aromatic carbocycles. The molecule has 0 spiro atoms. The predicted molar refractivity (Wildman–Crippen MR) is 98.4 cm³/mol. The van der Waals surface area contributed by atoms with Crippen LogP contribution < -0.4 is 5.32 Å². The van der Waals surface area contributed by atoms with Gasteiger partial charge in [0.1, 0.15) is 0 Å². The third-order valence-corrected chi connectivity index (χ3v) is 5.61. The van der Waals surface area contributed by atoms with Gasteiger partial charge in [-0.15, -0.1) is 0 Å². The summed E-state index contributed by atoms with van der Waals surface area (Å²) in [6.45, 7) is 5.07. The van der Waals surface area contributed by atoms with E-state index in [4.69, 9.17) is 12.2 Å². The molecule has 0 bridgehead atoms. The smallest absolute Gasteiger partial charge is 0.236 e. The standard InChI is InChI=1S/C16H23N3O2S2/c1-2-9-17-16(22)18-10-12-19(13-11-18)23(20,21)14-8-15-6-4-3-5-7-15/h3-8,14H,2,9-13H2,1H3,(H,17,22)/b14-8+. The Morgan fingerprint density at radius 3 is 2.48 bits per heavy atom. The van der Waals surface area contributed by atoms with E-state index in [0.29, 0.717) is 31.3 Å². The topological polar surface area (TPSA) is 52.6 Å². The zero-order chi connectivity index (χ0) is 16.7. The summed E-state index contributed by atoms with van der Waals surface area (Å²) in [6.07, 6.45) is 2.65. The number of sulfonamides is 1. The Morgan fingerprint density at radius 1 is 1.22 bits per heavy atom. The maximum atomic E-state index is 12.4. The molecule has 2 rings (SSSR count). The van der Waals surface area contributed by atoms with E-state index in [0.717, 1.165) is 18.5 Å². The number of nitrogens with zero attached hydrogens (tertiary/aromatic N) is 2. The first-order valence-electron chi connectivity index (χ1n) is 7.79. The van der Waals surface area contributed by atoms with Crippen LogP contribution in [0, 0.1) is 0 Å². The lowest BCUT2D eigenvalue weighted by Crippen LogP contribution is -2.52. The Labute approximate surface area is 144 Å². The van der Waals surface area contributed by atoms with Crippen LogP contribution in [0.3, 0.4) is 0 Å². The van der Waals surface area contributed by atoms with E-state index in [9.17, 15) is 8.42 Å². The number of hydrogen-bond acceptors (Lipinski definition) is 3. The van der Waals surface area contributed by atoms with Gasteiger partial charge in [-0.2, -0.15) is 4.31 Å². The summed E-state index contributed by atoms with van der Waals surface area (Å²) < 4.78 is 26.3. The summed E-state index contributed by atoms with van der Waals surface area (Å²) in [6, 6.07) is 9.43. The van der Waals surface area contributed by atoms with Crippen LogP contribution in [0.4, 0.5) is 0 Å². The molecule has 1 aromatic rings. The van der Waals surface area contributed by atoms with Crippen molar-refractivity contribution >= 4 is 33.4 Å². The highest BCUT2D eigenvalue weighted by Crippen LogP contribution is 2.11. The predicted octanol–water partition coefficient (Wildman–Crippen LogP) is 1.89. The summed E-state index contributed by atoms with van der Waals surface area (Å²) in [5.41, 5.74) is 0.875. The van der Waals surface area contributed by atoms with Crippen molar-refractivity contribution in [1.29, 1.82) is 0 Å². The molecular weight excluding hydrogens is 330 g/mol. The maximum Gasteiger partial charge on any atom is 0.236 e. The van der Waals surface area contributed by atoms with Crippen LogP contribution >= 0.6 is 12.2 Å². The van der Waals surface area contributed by atoms with Crippen LogP contribution in [-0.4, -0.2) is 55.5 Å². The molecule has 0 aliphatic carbocycles. The third-order valence-electron chi connectivity index (χ3n) is 3.64. The average molecular weight is 354 g/mol. The first-order valence-corrected chi connectivity index (χ1v) is 9.70. The van der Waals surface area contributed by atoms with Gasteiger partial charge >= 0.3 is 0 Å². The van der Waals surface area contributed by atoms with Crippen LogP contribution in [0.2, 0.25) is 0 Å². The fourth-order valence-electron chi connectivity index (χ4n) is 2.30. The number of piperazine rings is 1. The summed E-state index contributed by atoms with van der Waals surface area (Å²) in [4.78, 5) is 2.03. The fourth-order valence-corrected chi connectivity index (χ4v) is 3.76. The number of benzene rings is 1. The lowest BCUT2D eigenvalue weighted by molar-refractivity contribution is 0.266. The van der Waals surface area contributed by atoms with Crippen LogP contribution in [0.5, 0.6) is 0 Å². The lowest BCUT2D eigenvalue weighted by Gasteiger charge is -2.34. The van der Waals surface area contributed by atoms with Crippen LogP contribution in [0.25, 0.3) is 6.08 Å². The Hall–Kier alpha value is -1.44. The minimum absolute atomic E-state index is 0.454. The second kappa shape index (κ2) is 8.42.